The molecule has 5 aromatic rings. The van der Waals surface area contributed by atoms with E-state index in [1.807, 2.05) is 23.5 Å². The second kappa shape index (κ2) is 15.7. The summed E-state index contributed by atoms with van der Waals surface area (Å²) >= 11 is -1.10. The molecular formula is C39H38N12O6S. The first kappa shape index (κ1) is 38.3. The molecule has 0 radical (unpaired) electrons. The molecule has 3 aromatic heterocycles. The van der Waals surface area contributed by atoms with E-state index in [4.69, 9.17) is 4.98 Å². The fourth-order valence-corrected chi connectivity index (χ4v) is 8.52. The van der Waals surface area contributed by atoms with Crippen molar-refractivity contribution in [2.75, 3.05) is 42.6 Å². The van der Waals surface area contributed by atoms with Crippen LogP contribution >= 0.6 is 0 Å². The summed E-state index contributed by atoms with van der Waals surface area (Å²) in [6.45, 7) is 3.63. The maximum Gasteiger partial charge on any atom is 0.262 e. The zero-order chi connectivity index (χ0) is 40.6. The summed E-state index contributed by atoms with van der Waals surface area (Å²) in [5, 5.41) is 26.5. The molecule has 2 saturated heterocycles. The maximum absolute atomic E-state index is 13.1. The lowest BCUT2D eigenvalue weighted by Crippen LogP contribution is -2.64. The number of H-pyrrole nitrogens is 1. The average Bonchev–Trinajstić information content (AvgIpc) is 3.95. The molecule has 296 valence electrons. The highest BCUT2D eigenvalue weighted by molar-refractivity contribution is 7.89. The minimum atomic E-state index is -1.10. The van der Waals surface area contributed by atoms with Crippen LogP contribution in [0.1, 0.15) is 63.7 Å². The summed E-state index contributed by atoms with van der Waals surface area (Å²) < 4.78 is 16.0. The number of amides is 5. The first-order chi connectivity index (χ1) is 28.1. The van der Waals surface area contributed by atoms with Crippen molar-refractivity contribution in [2.45, 2.75) is 44.2 Å². The summed E-state index contributed by atoms with van der Waals surface area (Å²) in [6, 6.07) is 14.8. The Morgan fingerprint density at radius 1 is 1.03 bits per heavy atom. The van der Waals surface area contributed by atoms with Crippen LogP contribution < -0.4 is 21.3 Å². The highest BCUT2D eigenvalue weighted by Crippen LogP contribution is 2.36. The number of nitrogens with one attached hydrogen (secondary N) is 5. The number of hydrogen-bond acceptors (Lipinski definition) is 13. The van der Waals surface area contributed by atoms with Crippen molar-refractivity contribution in [3.05, 3.63) is 83.8 Å². The van der Waals surface area contributed by atoms with Gasteiger partial charge in [-0.25, -0.2) is 4.98 Å². The topological polar surface area (TPSA) is 246 Å². The minimum absolute atomic E-state index is 0.0487. The number of aromatic amines is 1. The maximum atomic E-state index is 13.1. The molecule has 6 heterocycles. The average molecular weight is 803 g/mol. The highest BCUT2D eigenvalue weighted by atomic mass is 32.2. The normalized spacial score (nSPS) is 18.0. The Bertz CT molecular complexity index is 2490. The molecule has 18 nitrogen and oxygen atoms in total. The Kier molecular flexibility index (Phi) is 10.4. The quantitative estimate of drug-likeness (QED) is 0.0617. The van der Waals surface area contributed by atoms with Gasteiger partial charge in [0.1, 0.15) is 23.0 Å². The van der Waals surface area contributed by atoms with E-state index in [9.17, 15) is 33.8 Å². The van der Waals surface area contributed by atoms with Gasteiger partial charge in [0.15, 0.2) is 0 Å². The fourth-order valence-electron chi connectivity index (χ4n) is 7.38. The van der Waals surface area contributed by atoms with Gasteiger partial charge in [-0.05, 0) is 68.3 Å². The van der Waals surface area contributed by atoms with Crippen LogP contribution in [-0.4, -0.2) is 106 Å². The van der Waals surface area contributed by atoms with Gasteiger partial charge in [-0.1, -0.05) is 0 Å². The van der Waals surface area contributed by atoms with Gasteiger partial charge in [0.25, 0.3) is 17.7 Å². The first-order valence-corrected chi connectivity index (χ1v) is 20.0. The van der Waals surface area contributed by atoms with Crippen LogP contribution in [0.15, 0.2) is 67.1 Å². The molecule has 3 aliphatic heterocycles. The molecule has 5 amide bonds. The van der Waals surface area contributed by atoms with Gasteiger partial charge in [0.2, 0.25) is 17.8 Å². The number of anilines is 3. The molecule has 3 aliphatic rings. The Balaban J connectivity index is 0.846. The Morgan fingerprint density at radius 2 is 1.81 bits per heavy atom. The number of imide groups is 2. The lowest BCUT2D eigenvalue weighted by atomic mass is 9.89. The number of nitriles is 1. The second-order valence-corrected chi connectivity index (χ2v) is 16.0. The standard InChI is InChI=1S/C39H38N12O6S/c1-2-58(57)49-21-39(22-49,13-14-40)50-20-24(19-44-50)32-28-12-17-42-33(28)48-38(47-32)45-25-6-4-23(5-7-25)34(53)43-16-3-15-41-26-8-9-27-29(18-26)37(56)51(36(27)55)30-10-11-31(52)46-35(30)54/h4-9,12,17-20,30,41H,2-3,10-11,13,15-16,21-22H2,1H3,(H,43,53)(H,46,52,54)(H2,42,45,47,48). The number of carbonyl (C=O) groups excluding carboxylic acids is 5. The minimum Gasteiger partial charge on any atom is -0.598 e. The van der Waals surface area contributed by atoms with Crippen LogP contribution in [-0.2, 0) is 26.5 Å². The van der Waals surface area contributed by atoms with E-state index < -0.39 is 46.6 Å². The molecule has 0 saturated carbocycles. The molecule has 0 bridgehead atoms. The largest absolute Gasteiger partial charge is 0.598 e. The van der Waals surface area contributed by atoms with E-state index in [1.54, 1.807) is 59.5 Å². The van der Waals surface area contributed by atoms with Gasteiger partial charge in [-0.3, -0.25) is 38.9 Å². The number of piperidine rings is 1. The molecule has 58 heavy (non-hydrogen) atoms. The molecule has 5 N–H and O–H groups in total. The number of benzene rings is 2. The predicted octanol–water partition coefficient (Wildman–Crippen LogP) is 2.81. The third-order valence-corrected chi connectivity index (χ3v) is 11.8. The van der Waals surface area contributed by atoms with Gasteiger partial charge in [-0.2, -0.15) is 15.3 Å². The molecule has 19 heteroatoms. The summed E-state index contributed by atoms with van der Waals surface area (Å²) in [4.78, 5) is 76.4. The van der Waals surface area contributed by atoms with Gasteiger partial charge < -0.3 is 25.5 Å². The van der Waals surface area contributed by atoms with Crippen LogP contribution in [0.5, 0.6) is 0 Å². The fraction of sp³-hybridized carbons (Fsp3) is 0.308. The smallest absolute Gasteiger partial charge is 0.262 e. The molecular weight excluding hydrogens is 765 g/mol. The Hall–Kier alpha value is -6.62. The molecule has 2 atom stereocenters. The van der Waals surface area contributed by atoms with Crippen LogP contribution in [0.3, 0.4) is 0 Å². The summed E-state index contributed by atoms with van der Waals surface area (Å²) in [7, 11) is 0. The Morgan fingerprint density at radius 3 is 2.57 bits per heavy atom. The van der Waals surface area contributed by atoms with Crippen molar-refractivity contribution >= 4 is 69.3 Å². The van der Waals surface area contributed by atoms with Crippen LogP contribution in [0.25, 0.3) is 22.3 Å². The molecule has 2 fully saturated rings. The number of carbonyl (C=O) groups is 5. The highest BCUT2D eigenvalue weighted by Gasteiger charge is 2.50. The SMILES string of the molecule is CC[S+]([O-])N1CC(CC#N)(n2cc(-c3nc(Nc4ccc(C(=O)NCCCNc5ccc6c(c5)C(=O)N(C5CCC(=O)NC5=O)C6=O)cc4)nc4[nH]ccc34)cn2)C1. The van der Waals surface area contributed by atoms with Gasteiger partial charge in [-0.15, -0.1) is 4.31 Å². The molecule has 0 spiro atoms. The van der Waals surface area contributed by atoms with Crippen LogP contribution in [0.4, 0.5) is 17.3 Å². The number of hydrogen-bond donors (Lipinski definition) is 5. The van der Waals surface area contributed by atoms with Crippen molar-refractivity contribution in [1.82, 2.24) is 44.6 Å². The monoisotopic (exact) mass is 802 g/mol. The third-order valence-electron chi connectivity index (χ3n) is 10.5. The lowest BCUT2D eigenvalue weighted by molar-refractivity contribution is -0.136. The first-order valence-electron chi connectivity index (χ1n) is 18.7. The van der Waals surface area contributed by atoms with Crippen molar-refractivity contribution < 1.29 is 28.5 Å². The molecule has 8 rings (SSSR count). The van der Waals surface area contributed by atoms with Crippen molar-refractivity contribution in [2.24, 2.45) is 0 Å². The summed E-state index contributed by atoms with van der Waals surface area (Å²) in [5.41, 5.74) is 3.53. The lowest BCUT2D eigenvalue weighted by Gasteiger charge is -2.47. The van der Waals surface area contributed by atoms with Crippen molar-refractivity contribution in [3.63, 3.8) is 0 Å². The number of nitrogens with zero attached hydrogens (tertiary/aromatic N) is 7. The van der Waals surface area contributed by atoms with Crippen LogP contribution in [0, 0.1) is 11.3 Å². The van der Waals surface area contributed by atoms with E-state index >= 15 is 0 Å². The van der Waals surface area contributed by atoms with E-state index in [0.717, 1.165) is 15.8 Å². The van der Waals surface area contributed by atoms with E-state index in [-0.39, 0.29) is 36.3 Å². The van der Waals surface area contributed by atoms with Crippen LogP contribution in [0.2, 0.25) is 0 Å². The van der Waals surface area contributed by atoms with Gasteiger partial charge in [0.05, 0.1) is 48.6 Å². The second-order valence-electron chi connectivity index (χ2n) is 14.2. The van der Waals surface area contributed by atoms with E-state index in [0.29, 0.717) is 72.6 Å². The molecule has 2 unspecified atom stereocenters. The number of rotatable bonds is 14. The molecule has 2 aromatic carbocycles. The third kappa shape index (κ3) is 7.24. The predicted molar refractivity (Wildman–Crippen MR) is 212 cm³/mol. The Labute approximate surface area is 334 Å². The van der Waals surface area contributed by atoms with Gasteiger partial charge >= 0.3 is 0 Å². The zero-order valence-corrected chi connectivity index (χ0v) is 32.1. The summed E-state index contributed by atoms with van der Waals surface area (Å²) in [5.74, 6) is -1.65. The number of aromatic nitrogens is 5. The zero-order valence-electron chi connectivity index (χ0n) is 31.3. The molecule has 0 aliphatic carbocycles. The van der Waals surface area contributed by atoms with Crippen molar-refractivity contribution in [3.8, 4) is 17.3 Å². The summed E-state index contributed by atoms with van der Waals surface area (Å²) in [6.07, 6.45) is 6.28. The number of fused-ring (bicyclic) bond motifs is 2. The van der Waals surface area contributed by atoms with E-state index in [2.05, 4.69) is 42.4 Å². The van der Waals surface area contributed by atoms with E-state index in [1.165, 1.54) is 0 Å². The van der Waals surface area contributed by atoms with Gasteiger partial charge in [0, 0.05) is 71.2 Å². The van der Waals surface area contributed by atoms with Crippen molar-refractivity contribution in [1.29, 1.82) is 5.26 Å².